The van der Waals surface area contributed by atoms with Gasteiger partial charge in [-0.05, 0) is 18.6 Å². The van der Waals surface area contributed by atoms with Gasteiger partial charge in [-0.3, -0.25) is 0 Å². The summed E-state index contributed by atoms with van der Waals surface area (Å²) in [5.74, 6) is 0.0502. The van der Waals surface area contributed by atoms with E-state index >= 15 is 0 Å². The van der Waals surface area contributed by atoms with Crippen molar-refractivity contribution in [2.24, 2.45) is 0 Å². The summed E-state index contributed by atoms with van der Waals surface area (Å²) >= 11 is 0. The molecule has 12 nitrogen and oxygen atoms in total. The van der Waals surface area contributed by atoms with Gasteiger partial charge in [-0.25, -0.2) is 4.79 Å². The van der Waals surface area contributed by atoms with Crippen LogP contribution in [0.2, 0.25) is 0 Å². The van der Waals surface area contributed by atoms with Crippen LogP contribution in [0, 0.1) is 6.92 Å². The Bertz CT molecular complexity index is 1040. The molecule has 0 aliphatic carbocycles. The van der Waals surface area contributed by atoms with Gasteiger partial charge in [-0.15, -0.1) is 0 Å². The molecule has 0 bridgehead atoms. The number of aryl methyl sites for hydroxylation is 1. The average Bonchev–Trinajstić information content (AvgIpc) is 3.07. The molecule has 0 spiro atoms. The van der Waals surface area contributed by atoms with E-state index in [1.165, 1.54) is 0 Å². The Kier molecular flexibility index (Phi) is 6.73. The minimum atomic E-state index is -1.90. The maximum atomic E-state index is 11.9. The van der Waals surface area contributed by atoms with Gasteiger partial charge in [0.15, 0.2) is 6.29 Å². The van der Waals surface area contributed by atoms with E-state index in [1.807, 2.05) is 0 Å². The van der Waals surface area contributed by atoms with Crippen LogP contribution in [0.4, 0.5) is 0 Å². The lowest BCUT2D eigenvalue weighted by atomic mass is 9.99. The molecule has 2 aliphatic rings. The fraction of sp³-hybridized carbons (Fsp3) is 0.571. The number of ether oxygens (including phenoxy) is 4. The minimum absolute atomic E-state index is 0.0502. The number of fused-ring (bicyclic) bond motifs is 1. The third kappa shape index (κ3) is 4.49. The zero-order valence-electron chi connectivity index (χ0n) is 17.6. The number of benzene rings is 1. The van der Waals surface area contributed by atoms with Gasteiger partial charge < -0.3 is 54.0 Å². The summed E-state index contributed by atoms with van der Waals surface area (Å²) in [6.07, 6.45) is -10.6. The average molecular weight is 470 g/mol. The van der Waals surface area contributed by atoms with Gasteiger partial charge in [0.05, 0.1) is 31.3 Å². The maximum absolute atomic E-state index is 11.9. The standard InChI is InChI=1S/C21H26O12/c1-9-3-2-4-10-14(9)11(5-13(23)31-10)32-19-17(26)16(25)15(24)12(33-19)6-29-20-18(27)21(28,7-22)8-30-20/h2-5,12,15-20,22,24-28H,6-8H2,1H3. The summed E-state index contributed by atoms with van der Waals surface area (Å²) in [5, 5.41) is 60.8. The molecule has 8 atom stereocenters. The molecule has 3 heterocycles. The van der Waals surface area contributed by atoms with Crippen LogP contribution >= 0.6 is 0 Å². The quantitative estimate of drug-likeness (QED) is 0.249. The van der Waals surface area contributed by atoms with E-state index in [4.69, 9.17) is 23.4 Å². The Labute approximate surface area is 187 Å². The van der Waals surface area contributed by atoms with Crippen molar-refractivity contribution in [2.45, 2.75) is 55.6 Å². The van der Waals surface area contributed by atoms with E-state index in [0.717, 1.165) is 11.6 Å². The highest BCUT2D eigenvalue weighted by Crippen LogP contribution is 2.31. The van der Waals surface area contributed by atoms with E-state index in [0.29, 0.717) is 5.39 Å². The predicted octanol–water partition coefficient (Wildman–Crippen LogP) is -2.25. The number of aliphatic hydroxyl groups excluding tert-OH is 5. The Morgan fingerprint density at radius 3 is 2.58 bits per heavy atom. The SMILES string of the molecule is Cc1cccc2oc(=O)cc(OC3OC(COC4OCC(O)(CO)C4O)C(O)C(O)C3O)c12. The molecule has 2 aliphatic heterocycles. The van der Waals surface area contributed by atoms with E-state index in [9.17, 15) is 35.4 Å². The lowest BCUT2D eigenvalue weighted by Gasteiger charge is -2.40. The second kappa shape index (κ2) is 9.25. The Morgan fingerprint density at radius 1 is 1.12 bits per heavy atom. The van der Waals surface area contributed by atoms with Crippen LogP contribution < -0.4 is 10.4 Å². The largest absolute Gasteiger partial charge is 0.461 e. The second-order valence-electron chi connectivity index (χ2n) is 8.23. The highest BCUT2D eigenvalue weighted by molar-refractivity contribution is 5.86. The lowest BCUT2D eigenvalue weighted by Crippen LogP contribution is -2.60. The van der Waals surface area contributed by atoms with E-state index in [-0.39, 0.29) is 17.9 Å². The van der Waals surface area contributed by atoms with Crippen molar-refractivity contribution < 1.29 is 54.0 Å². The van der Waals surface area contributed by atoms with Crippen molar-refractivity contribution in [3.8, 4) is 5.75 Å². The third-order valence-corrected chi connectivity index (χ3v) is 5.86. The Hall–Kier alpha value is -2.13. The number of hydrogen-bond acceptors (Lipinski definition) is 12. The van der Waals surface area contributed by atoms with Crippen LogP contribution in [-0.4, -0.2) is 99.2 Å². The summed E-state index contributed by atoms with van der Waals surface area (Å²) < 4.78 is 27.0. The van der Waals surface area contributed by atoms with Crippen molar-refractivity contribution in [1.29, 1.82) is 0 Å². The molecule has 6 N–H and O–H groups in total. The number of hydrogen-bond donors (Lipinski definition) is 6. The first-order valence-electron chi connectivity index (χ1n) is 10.3. The molecule has 0 amide bonds. The maximum Gasteiger partial charge on any atom is 0.339 e. The highest BCUT2D eigenvalue weighted by Gasteiger charge is 2.50. The van der Waals surface area contributed by atoms with E-state index < -0.39 is 67.5 Å². The minimum Gasteiger partial charge on any atom is -0.461 e. The number of rotatable bonds is 6. The molecular weight excluding hydrogens is 444 g/mol. The molecular formula is C21H26O12. The Morgan fingerprint density at radius 2 is 1.88 bits per heavy atom. The highest BCUT2D eigenvalue weighted by atomic mass is 16.7. The van der Waals surface area contributed by atoms with Crippen LogP contribution in [-0.2, 0) is 14.2 Å². The molecule has 2 saturated heterocycles. The molecule has 182 valence electrons. The van der Waals surface area contributed by atoms with E-state index in [1.54, 1.807) is 25.1 Å². The van der Waals surface area contributed by atoms with Gasteiger partial charge in [0.2, 0.25) is 6.29 Å². The van der Waals surface area contributed by atoms with Crippen molar-refractivity contribution in [1.82, 2.24) is 0 Å². The fourth-order valence-electron chi connectivity index (χ4n) is 3.85. The summed E-state index contributed by atoms with van der Waals surface area (Å²) in [6.45, 7) is 0.211. The number of aliphatic hydroxyl groups is 6. The Balaban J connectivity index is 1.51. The van der Waals surface area contributed by atoms with Crippen molar-refractivity contribution in [3.05, 3.63) is 40.2 Å². The van der Waals surface area contributed by atoms with Crippen LogP contribution in [0.1, 0.15) is 5.56 Å². The molecule has 12 heteroatoms. The van der Waals surface area contributed by atoms with Gasteiger partial charge >= 0.3 is 5.63 Å². The molecule has 8 unspecified atom stereocenters. The van der Waals surface area contributed by atoms with Gasteiger partial charge in [0.1, 0.15) is 47.5 Å². The fourth-order valence-corrected chi connectivity index (χ4v) is 3.85. The molecule has 2 aromatic rings. The molecule has 0 saturated carbocycles. The van der Waals surface area contributed by atoms with Gasteiger partial charge in [0.25, 0.3) is 0 Å². The lowest BCUT2D eigenvalue weighted by molar-refractivity contribution is -0.289. The van der Waals surface area contributed by atoms with Crippen molar-refractivity contribution in [2.75, 3.05) is 19.8 Å². The normalized spacial score (nSPS) is 36.9. The van der Waals surface area contributed by atoms with Crippen LogP contribution in [0.15, 0.2) is 33.5 Å². The van der Waals surface area contributed by atoms with E-state index in [2.05, 4.69) is 0 Å². The first-order chi connectivity index (χ1) is 15.6. The van der Waals surface area contributed by atoms with Crippen molar-refractivity contribution >= 4 is 11.0 Å². The third-order valence-electron chi connectivity index (χ3n) is 5.86. The zero-order chi connectivity index (χ0) is 23.9. The molecule has 2 fully saturated rings. The van der Waals surface area contributed by atoms with Gasteiger partial charge in [-0.2, -0.15) is 0 Å². The predicted molar refractivity (Wildman–Crippen MR) is 108 cm³/mol. The topological polar surface area (TPSA) is 189 Å². The summed E-state index contributed by atoms with van der Waals surface area (Å²) in [6, 6.07) is 6.11. The smallest absolute Gasteiger partial charge is 0.339 e. The van der Waals surface area contributed by atoms with Crippen LogP contribution in [0.25, 0.3) is 11.0 Å². The molecule has 1 aromatic heterocycles. The van der Waals surface area contributed by atoms with Gasteiger partial charge in [0, 0.05) is 0 Å². The zero-order valence-corrected chi connectivity index (χ0v) is 17.6. The summed E-state index contributed by atoms with van der Waals surface area (Å²) in [5.41, 5.74) is -1.61. The first-order valence-corrected chi connectivity index (χ1v) is 10.3. The monoisotopic (exact) mass is 470 g/mol. The van der Waals surface area contributed by atoms with Crippen LogP contribution in [0.3, 0.4) is 0 Å². The second-order valence-corrected chi connectivity index (χ2v) is 8.23. The molecule has 33 heavy (non-hydrogen) atoms. The van der Waals surface area contributed by atoms with Crippen LogP contribution in [0.5, 0.6) is 5.75 Å². The summed E-state index contributed by atoms with van der Waals surface area (Å²) in [4.78, 5) is 11.9. The van der Waals surface area contributed by atoms with Gasteiger partial charge in [-0.1, -0.05) is 12.1 Å². The first kappa shape index (κ1) is 24.0. The summed E-state index contributed by atoms with van der Waals surface area (Å²) in [7, 11) is 0. The molecule has 4 rings (SSSR count). The molecule has 0 radical (unpaired) electrons. The van der Waals surface area contributed by atoms with Crippen molar-refractivity contribution in [3.63, 3.8) is 0 Å². The molecule has 1 aromatic carbocycles.